The standard InChI is InChI=1S/C10H9BrF4N2O3/c11-6-3-8(9(17(18)19)4-7(6)12)16-1-2-20-5-10(13,14)15/h3-4,16H,1-2,5H2. The Morgan fingerprint density at radius 2 is 2.05 bits per heavy atom. The van der Waals surface area contributed by atoms with Crippen LogP contribution < -0.4 is 5.32 Å². The van der Waals surface area contributed by atoms with Gasteiger partial charge in [-0.25, -0.2) is 4.39 Å². The Balaban J connectivity index is 2.59. The zero-order chi connectivity index (χ0) is 15.3. The van der Waals surface area contributed by atoms with Crippen LogP contribution in [0.5, 0.6) is 0 Å². The third kappa shape index (κ3) is 5.29. The van der Waals surface area contributed by atoms with E-state index in [0.717, 1.165) is 6.07 Å². The number of nitro benzene ring substituents is 1. The minimum absolute atomic E-state index is 0.00168. The molecule has 0 fully saturated rings. The van der Waals surface area contributed by atoms with Crippen molar-refractivity contribution in [2.45, 2.75) is 6.18 Å². The van der Waals surface area contributed by atoms with Crippen molar-refractivity contribution in [1.29, 1.82) is 0 Å². The Hall–Kier alpha value is -1.42. The Bertz CT molecular complexity index is 496. The summed E-state index contributed by atoms with van der Waals surface area (Å²) >= 11 is 2.86. The monoisotopic (exact) mass is 360 g/mol. The topological polar surface area (TPSA) is 64.4 Å². The number of rotatable bonds is 6. The molecule has 0 radical (unpaired) electrons. The number of anilines is 1. The molecule has 0 aliphatic carbocycles. The smallest absolute Gasteiger partial charge is 0.377 e. The van der Waals surface area contributed by atoms with Gasteiger partial charge >= 0.3 is 6.18 Å². The number of nitro groups is 1. The van der Waals surface area contributed by atoms with Gasteiger partial charge in [-0.15, -0.1) is 0 Å². The van der Waals surface area contributed by atoms with Crippen LogP contribution in [0.25, 0.3) is 0 Å². The average molecular weight is 361 g/mol. The van der Waals surface area contributed by atoms with Crippen LogP contribution in [-0.2, 0) is 4.74 Å². The first-order valence-corrected chi connectivity index (χ1v) is 6.02. The molecule has 0 spiro atoms. The highest BCUT2D eigenvalue weighted by Crippen LogP contribution is 2.30. The quantitative estimate of drug-likeness (QED) is 0.365. The second-order valence-electron chi connectivity index (χ2n) is 3.64. The third-order valence-electron chi connectivity index (χ3n) is 2.06. The summed E-state index contributed by atoms with van der Waals surface area (Å²) < 4.78 is 52.9. The maximum atomic E-state index is 13.2. The molecule has 0 aliphatic heterocycles. The molecule has 0 amide bonds. The van der Waals surface area contributed by atoms with Crippen LogP contribution in [0.15, 0.2) is 16.6 Å². The summed E-state index contributed by atoms with van der Waals surface area (Å²) in [5.74, 6) is -0.810. The van der Waals surface area contributed by atoms with E-state index in [2.05, 4.69) is 26.0 Å². The molecule has 0 atom stereocenters. The van der Waals surface area contributed by atoms with Gasteiger partial charge < -0.3 is 10.1 Å². The van der Waals surface area contributed by atoms with Gasteiger partial charge in [0.15, 0.2) is 0 Å². The molecule has 0 saturated carbocycles. The second kappa shape index (κ2) is 6.84. The summed E-state index contributed by atoms with van der Waals surface area (Å²) in [6, 6.07) is 1.85. The fraction of sp³-hybridized carbons (Fsp3) is 0.400. The summed E-state index contributed by atoms with van der Waals surface area (Å²) in [5.41, 5.74) is -0.527. The molecule has 0 bridgehead atoms. The van der Waals surface area contributed by atoms with Gasteiger partial charge in [0.05, 0.1) is 22.1 Å². The van der Waals surface area contributed by atoms with Gasteiger partial charge in [-0.2, -0.15) is 13.2 Å². The number of hydrogen-bond donors (Lipinski definition) is 1. The molecular weight excluding hydrogens is 352 g/mol. The molecule has 1 aromatic rings. The lowest BCUT2D eigenvalue weighted by atomic mass is 10.2. The van der Waals surface area contributed by atoms with Gasteiger partial charge in [-0.05, 0) is 22.0 Å². The number of benzene rings is 1. The molecule has 0 heterocycles. The fourth-order valence-corrected chi connectivity index (χ4v) is 1.62. The SMILES string of the molecule is O=[N+]([O-])c1cc(F)c(Br)cc1NCCOCC(F)(F)F. The molecule has 0 aliphatic rings. The maximum Gasteiger partial charge on any atom is 0.411 e. The Morgan fingerprint density at radius 1 is 1.40 bits per heavy atom. The molecular formula is C10H9BrF4N2O3. The molecule has 1 rings (SSSR count). The highest BCUT2D eigenvalue weighted by molar-refractivity contribution is 9.10. The number of hydrogen-bond acceptors (Lipinski definition) is 4. The van der Waals surface area contributed by atoms with E-state index in [1.807, 2.05) is 0 Å². The van der Waals surface area contributed by atoms with Crippen molar-refractivity contribution < 1.29 is 27.2 Å². The van der Waals surface area contributed by atoms with E-state index >= 15 is 0 Å². The van der Waals surface area contributed by atoms with Crippen LogP contribution in [0, 0.1) is 15.9 Å². The molecule has 20 heavy (non-hydrogen) atoms. The highest BCUT2D eigenvalue weighted by atomic mass is 79.9. The predicted molar refractivity (Wildman–Crippen MR) is 66.1 cm³/mol. The van der Waals surface area contributed by atoms with E-state index in [9.17, 15) is 27.7 Å². The van der Waals surface area contributed by atoms with E-state index in [-0.39, 0.29) is 23.3 Å². The van der Waals surface area contributed by atoms with Gasteiger partial charge in [-0.3, -0.25) is 10.1 Å². The van der Waals surface area contributed by atoms with Crippen LogP contribution in [0.3, 0.4) is 0 Å². The molecule has 1 aromatic carbocycles. The van der Waals surface area contributed by atoms with Gasteiger partial charge in [0.1, 0.15) is 18.1 Å². The van der Waals surface area contributed by atoms with Crippen LogP contribution in [0.1, 0.15) is 0 Å². The van der Waals surface area contributed by atoms with Gasteiger partial charge in [-0.1, -0.05) is 0 Å². The minimum atomic E-state index is -4.43. The molecule has 10 heteroatoms. The van der Waals surface area contributed by atoms with Crippen molar-refractivity contribution in [1.82, 2.24) is 0 Å². The molecule has 5 nitrogen and oxygen atoms in total. The predicted octanol–water partition coefficient (Wildman–Crippen LogP) is 3.49. The minimum Gasteiger partial charge on any atom is -0.377 e. The van der Waals surface area contributed by atoms with Crippen molar-refractivity contribution in [3.8, 4) is 0 Å². The van der Waals surface area contributed by atoms with Crippen LogP contribution in [-0.4, -0.2) is 30.9 Å². The fourth-order valence-electron chi connectivity index (χ4n) is 1.27. The molecule has 0 saturated heterocycles. The van der Waals surface area contributed by atoms with E-state index in [1.165, 1.54) is 0 Å². The highest BCUT2D eigenvalue weighted by Gasteiger charge is 2.27. The largest absolute Gasteiger partial charge is 0.411 e. The van der Waals surface area contributed by atoms with Gasteiger partial charge in [0, 0.05) is 6.54 Å². The molecule has 0 aromatic heterocycles. The number of nitrogens with zero attached hydrogens (tertiary/aromatic N) is 1. The third-order valence-corrected chi connectivity index (χ3v) is 2.67. The van der Waals surface area contributed by atoms with Crippen LogP contribution in [0.4, 0.5) is 28.9 Å². The van der Waals surface area contributed by atoms with Crippen molar-refractivity contribution in [3.63, 3.8) is 0 Å². The first-order chi connectivity index (χ1) is 9.20. The van der Waals surface area contributed by atoms with E-state index < -0.39 is 29.2 Å². The maximum absolute atomic E-state index is 13.2. The first-order valence-electron chi connectivity index (χ1n) is 5.22. The van der Waals surface area contributed by atoms with Crippen molar-refractivity contribution in [3.05, 3.63) is 32.5 Å². The molecule has 1 N–H and O–H groups in total. The van der Waals surface area contributed by atoms with Gasteiger partial charge in [0.2, 0.25) is 0 Å². The lowest BCUT2D eigenvalue weighted by Crippen LogP contribution is -2.20. The normalized spacial score (nSPS) is 11.4. The summed E-state index contributed by atoms with van der Waals surface area (Å²) in [4.78, 5) is 9.91. The van der Waals surface area contributed by atoms with E-state index in [1.54, 1.807) is 0 Å². The zero-order valence-electron chi connectivity index (χ0n) is 9.84. The summed E-state index contributed by atoms with van der Waals surface area (Å²) in [6.45, 7) is -1.79. The Kier molecular flexibility index (Phi) is 5.69. The zero-order valence-corrected chi connectivity index (χ0v) is 11.4. The second-order valence-corrected chi connectivity index (χ2v) is 4.49. The van der Waals surface area contributed by atoms with E-state index in [4.69, 9.17) is 0 Å². The molecule has 112 valence electrons. The number of halogens is 5. The van der Waals surface area contributed by atoms with Crippen LogP contribution in [0.2, 0.25) is 0 Å². The first kappa shape index (κ1) is 16.6. The van der Waals surface area contributed by atoms with Crippen LogP contribution >= 0.6 is 15.9 Å². The molecule has 0 unspecified atom stereocenters. The van der Waals surface area contributed by atoms with Gasteiger partial charge in [0.25, 0.3) is 5.69 Å². The lowest BCUT2D eigenvalue weighted by Gasteiger charge is -2.10. The summed E-state index contributed by atoms with van der Waals surface area (Å²) in [6.07, 6.45) is -4.43. The summed E-state index contributed by atoms with van der Waals surface area (Å²) in [7, 11) is 0. The summed E-state index contributed by atoms with van der Waals surface area (Å²) in [5, 5.41) is 13.2. The number of alkyl halides is 3. The van der Waals surface area contributed by atoms with Crippen molar-refractivity contribution in [2.75, 3.05) is 25.1 Å². The average Bonchev–Trinajstić information content (AvgIpc) is 2.31. The number of ether oxygens (including phenoxy) is 1. The lowest BCUT2D eigenvalue weighted by molar-refractivity contribution is -0.384. The van der Waals surface area contributed by atoms with Crippen molar-refractivity contribution in [2.24, 2.45) is 0 Å². The Labute approximate surface area is 119 Å². The Morgan fingerprint density at radius 3 is 2.60 bits per heavy atom. The van der Waals surface area contributed by atoms with E-state index in [0.29, 0.717) is 6.07 Å². The number of nitrogens with one attached hydrogen (secondary N) is 1. The van der Waals surface area contributed by atoms with Crippen molar-refractivity contribution >= 4 is 27.3 Å².